The SMILES string of the molecule is COc1cccc(CN2CCC(O)c3ccccc32)c1. The van der Waals surface area contributed by atoms with E-state index in [1.165, 1.54) is 5.56 Å². The molecule has 1 N–H and O–H groups in total. The number of ether oxygens (including phenoxy) is 1. The van der Waals surface area contributed by atoms with Crippen molar-refractivity contribution in [3.05, 3.63) is 59.7 Å². The molecule has 3 heteroatoms. The molecule has 0 bridgehead atoms. The van der Waals surface area contributed by atoms with Crippen molar-refractivity contribution in [3.8, 4) is 5.75 Å². The predicted octanol–water partition coefficient (Wildman–Crippen LogP) is 3.14. The highest BCUT2D eigenvalue weighted by molar-refractivity contribution is 5.56. The summed E-state index contributed by atoms with van der Waals surface area (Å²) in [6.45, 7) is 1.70. The summed E-state index contributed by atoms with van der Waals surface area (Å²) < 4.78 is 5.27. The van der Waals surface area contributed by atoms with Crippen LogP contribution in [-0.4, -0.2) is 18.8 Å². The predicted molar refractivity (Wildman–Crippen MR) is 80.1 cm³/mol. The van der Waals surface area contributed by atoms with E-state index in [1.54, 1.807) is 7.11 Å². The average Bonchev–Trinajstić information content (AvgIpc) is 2.51. The van der Waals surface area contributed by atoms with Crippen LogP contribution in [0.4, 0.5) is 5.69 Å². The van der Waals surface area contributed by atoms with Crippen molar-refractivity contribution in [2.75, 3.05) is 18.6 Å². The maximum absolute atomic E-state index is 10.1. The first kappa shape index (κ1) is 13.0. The number of aliphatic hydroxyl groups excluding tert-OH is 1. The van der Waals surface area contributed by atoms with Gasteiger partial charge in [-0.15, -0.1) is 0 Å². The fraction of sp³-hybridized carbons (Fsp3) is 0.294. The first-order valence-corrected chi connectivity index (χ1v) is 6.93. The Morgan fingerprint density at radius 3 is 2.90 bits per heavy atom. The molecule has 20 heavy (non-hydrogen) atoms. The zero-order chi connectivity index (χ0) is 13.9. The number of aliphatic hydroxyl groups is 1. The van der Waals surface area contributed by atoms with Gasteiger partial charge in [-0.1, -0.05) is 30.3 Å². The molecule has 3 nitrogen and oxygen atoms in total. The molecule has 1 unspecified atom stereocenters. The molecule has 0 aliphatic carbocycles. The van der Waals surface area contributed by atoms with Gasteiger partial charge in [-0.25, -0.2) is 0 Å². The molecule has 2 aromatic carbocycles. The van der Waals surface area contributed by atoms with Crippen molar-refractivity contribution in [2.24, 2.45) is 0 Å². The van der Waals surface area contributed by atoms with Gasteiger partial charge >= 0.3 is 0 Å². The summed E-state index contributed by atoms with van der Waals surface area (Å²) in [5.41, 5.74) is 3.38. The minimum absolute atomic E-state index is 0.340. The first-order chi connectivity index (χ1) is 9.78. The van der Waals surface area contributed by atoms with Gasteiger partial charge in [0.2, 0.25) is 0 Å². The van der Waals surface area contributed by atoms with Gasteiger partial charge in [0.15, 0.2) is 0 Å². The van der Waals surface area contributed by atoms with Crippen LogP contribution in [0.3, 0.4) is 0 Å². The van der Waals surface area contributed by atoms with Gasteiger partial charge in [0, 0.05) is 24.3 Å². The largest absolute Gasteiger partial charge is 0.497 e. The van der Waals surface area contributed by atoms with E-state index in [1.807, 2.05) is 30.3 Å². The standard InChI is InChI=1S/C17H19NO2/c1-20-14-6-4-5-13(11-14)12-18-10-9-17(19)15-7-2-3-8-16(15)18/h2-8,11,17,19H,9-10,12H2,1H3. The molecule has 1 heterocycles. The summed E-state index contributed by atoms with van der Waals surface area (Å²) in [5, 5.41) is 10.1. The molecular formula is C17H19NO2. The van der Waals surface area contributed by atoms with Crippen molar-refractivity contribution in [1.29, 1.82) is 0 Å². The Bertz CT molecular complexity index is 597. The van der Waals surface area contributed by atoms with Crippen molar-refractivity contribution in [1.82, 2.24) is 0 Å². The second-order valence-corrected chi connectivity index (χ2v) is 5.14. The van der Waals surface area contributed by atoms with Crippen molar-refractivity contribution >= 4 is 5.69 Å². The highest BCUT2D eigenvalue weighted by Crippen LogP contribution is 2.34. The Hall–Kier alpha value is -2.00. The summed E-state index contributed by atoms with van der Waals surface area (Å²) in [6.07, 6.45) is 0.439. The van der Waals surface area contributed by atoms with Crippen LogP contribution in [0.2, 0.25) is 0 Å². The normalized spacial score (nSPS) is 17.7. The maximum Gasteiger partial charge on any atom is 0.119 e. The summed E-state index contributed by atoms with van der Waals surface area (Å²) >= 11 is 0. The van der Waals surface area contributed by atoms with Crippen molar-refractivity contribution in [3.63, 3.8) is 0 Å². The highest BCUT2D eigenvalue weighted by atomic mass is 16.5. The summed E-state index contributed by atoms with van der Waals surface area (Å²) in [6, 6.07) is 16.2. The summed E-state index contributed by atoms with van der Waals surface area (Å²) in [5.74, 6) is 0.882. The highest BCUT2D eigenvalue weighted by Gasteiger charge is 2.22. The number of hydrogen-bond acceptors (Lipinski definition) is 3. The number of rotatable bonds is 3. The van der Waals surface area contributed by atoms with Crippen LogP contribution >= 0.6 is 0 Å². The van der Waals surface area contributed by atoms with E-state index in [4.69, 9.17) is 4.74 Å². The number of anilines is 1. The molecule has 1 atom stereocenters. The van der Waals surface area contributed by atoms with Crippen LogP contribution in [0.1, 0.15) is 23.7 Å². The van der Waals surface area contributed by atoms with Gasteiger partial charge in [0.1, 0.15) is 5.75 Å². The fourth-order valence-electron chi connectivity index (χ4n) is 2.77. The summed E-state index contributed by atoms with van der Waals surface area (Å²) in [7, 11) is 1.69. The molecule has 2 aromatic rings. The molecule has 104 valence electrons. The van der Waals surface area contributed by atoms with Crippen LogP contribution in [0.25, 0.3) is 0 Å². The minimum Gasteiger partial charge on any atom is -0.497 e. The monoisotopic (exact) mass is 269 g/mol. The van der Waals surface area contributed by atoms with Gasteiger partial charge in [0.05, 0.1) is 13.2 Å². The topological polar surface area (TPSA) is 32.7 Å². The van der Waals surface area contributed by atoms with E-state index >= 15 is 0 Å². The number of fused-ring (bicyclic) bond motifs is 1. The quantitative estimate of drug-likeness (QED) is 0.929. The molecule has 0 spiro atoms. The lowest BCUT2D eigenvalue weighted by atomic mass is 9.98. The molecule has 0 radical (unpaired) electrons. The fourth-order valence-corrected chi connectivity index (χ4v) is 2.77. The van der Waals surface area contributed by atoms with Gasteiger partial charge in [0.25, 0.3) is 0 Å². The Labute approximate surface area is 119 Å². The molecule has 1 aliphatic heterocycles. The molecule has 3 rings (SSSR count). The number of para-hydroxylation sites is 1. The Morgan fingerprint density at radius 1 is 1.20 bits per heavy atom. The van der Waals surface area contributed by atoms with Crippen LogP contribution < -0.4 is 9.64 Å². The van der Waals surface area contributed by atoms with Crippen molar-refractivity contribution < 1.29 is 9.84 Å². The van der Waals surface area contributed by atoms with Crippen LogP contribution in [0.5, 0.6) is 5.75 Å². The Kier molecular flexibility index (Phi) is 3.61. The van der Waals surface area contributed by atoms with E-state index in [2.05, 4.69) is 23.1 Å². The van der Waals surface area contributed by atoms with Gasteiger partial charge < -0.3 is 14.7 Å². The van der Waals surface area contributed by atoms with Gasteiger partial charge in [-0.2, -0.15) is 0 Å². The molecule has 0 saturated carbocycles. The lowest BCUT2D eigenvalue weighted by molar-refractivity contribution is 0.164. The average molecular weight is 269 g/mol. The molecule has 0 saturated heterocycles. The second kappa shape index (κ2) is 5.55. The molecular weight excluding hydrogens is 250 g/mol. The van der Waals surface area contributed by atoms with E-state index in [0.29, 0.717) is 0 Å². The molecule has 1 aliphatic rings. The van der Waals surface area contributed by atoms with Crippen LogP contribution in [0.15, 0.2) is 48.5 Å². The van der Waals surface area contributed by atoms with Crippen LogP contribution in [0, 0.1) is 0 Å². The van der Waals surface area contributed by atoms with E-state index in [9.17, 15) is 5.11 Å². The Balaban J connectivity index is 1.86. The first-order valence-electron chi connectivity index (χ1n) is 6.93. The minimum atomic E-state index is -0.340. The lowest BCUT2D eigenvalue weighted by Gasteiger charge is -2.34. The Morgan fingerprint density at radius 2 is 2.05 bits per heavy atom. The van der Waals surface area contributed by atoms with Gasteiger partial charge in [-0.3, -0.25) is 0 Å². The maximum atomic E-state index is 10.1. The zero-order valence-electron chi connectivity index (χ0n) is 11.6. The number of nitrogens with zero attached hydrogens (tertiary/aromatic N) is 1. The smallest absolute Gasteiger partial charge is 0.119 e. The molecule has 0 amide bonds. The van der Waals surface area contributed by atoms with Crippen molar-refractivity contribution in [2.45, 2.75) is 19.1 Å². The van der Waals surface area contributed by atoms with E-state index in [0.717, 1.165) is 36.5 Å². The second-order valence-electron chi connectivity index (χ2n) is 5.14. The zero-order valence-corrected chi connectivity index (χ0v) is 11.6. The third-order valence-electron chi connectivity index (χ3n) is 3.82. The van der Waals surface area contributed by atoms with Gasteiger partial charge in [-0.05, 0) is 30.2 Å². The number of benzene rings is 2. The molecule has 0 aromatic heterocycles. The third kappa shape index (κ3) is 2.49. The third-order valence-corrected chi connectivity index (χ3v) is 3.82. The number of hydrogen-bond donors (Lipinski definition) is 1. The van der Waals surface area contributed by atoms with E-state index < -0.39 is 0 Å². The molecule has 0 fully saturated rings. The number of methoxy groups -OCH3 is 1. The lowest BCUT2D eigenvalue weighted by Crippen LogP contribution is -2.30. The van der Waals surface area contributed by atoms with E-state index in [-0.39, 0.29) is 6.10 Å². The summed E-state index contributed by atoms with van der Waals surface area (Å²) in [4.78, 5) is 2.32. The van der Waals surface area contributed by atoms with Crippen LogP contribution in [-0.2, 0) is 6.54 Å².